The van der Waals surface area contributed by atoms with Crippen molar-refractivity contribution in [3.63, 3.8) is 0 Å². The van der Waals surface area contributed by atoms with E-state index in [1.54, 1.807) is 19.1 Å². The summed E-state index contributed by atoms with van der Waals surface area (Å²) in [6.45, 7) is 2.18. The molecule has 4 rings (SSSR count). The van der Waals surface area contributed by atoms with Crippen LogP contribution < -0.4 is 11.1 Å². The van der Waals surface area contributed by atoms with Crippen LogP contribution in [0.5, 0.6) is 0 Å². The molecule has 1 atom stereocenters. The number of nitrogens with two attached hydrogens (primary N) is 1. The Morgan fingerprint density at radius 3 is 2.61 bits per heavy atom. The summed E-state index contributed by atoms with van der Waals surface area (Å²) >= 11 is 12.1. The maximum absolute atomic E-state index is 13.0. The first-order valence-corrected chi connectivity index (χ1v) is 10.4. The molecule has 5 nitrogen and oxygen atoms in total. The zero-order valence-corrected chi connectivity index (χ0v) is 18.2. The molecule has 0 saturated heterocycles. The number of fused-ring (bicyclic) bond motifs is 1. The average molecular weight is 455 g/mol. The fourth-order valence-electron chi connectivity index (χ4n) is 3.33. The number of aliphatic hydroxyl groups is 1. The van der Waals surface area contributed by atoms with Crippen LogP contribution in [0.2, 0.25) is 10.0 Å². The topological polar surface area (TPSA) is 88.5 Å². The van der Waals surface area contributed by atoms with Gasteiger partial charge in [0.25, 0.3) is 0 Å². The Bertz CT molecular complexity index is 1280. The van der Waals surface area contributed by atoms with Crippen molar-refractivity contribution in [3.8, 4) is 11.1 Å². The molecule has 1 unspecified atom stereocenters. The van der Waals surface area contributed by atoms with Crippen molar-refractivity contribution >= 4 is 51.3 Å². The van der Waals surface area contributed by atoms with E-state index in [4.69, 9.17) is 33.4 Å². The van der Waals surface area contributed by atoms with Gasteiger partial charge in [-0.2, -0.15) is 0 Å². The highest BCUT2D eigenvalue weighted by molar-refractivity contribution is 6.37. The lowest BCUT2D eigenvalue weighted by molar-refractivity contribution is 0.101. The summed E-state index contributed by atoms with van der Waals surface area (Å²) in [6.07, 6.45) is -0.448. The predicted molar refractivity (Wildman–Crippen MR) is 126 cm³/mol. The number of rotatable bonds is 6. The highest BCUT2D eigenvalue weighted by Crippen LogP contribution is 2.35. The van der Waals surface area contributed by atoms with Gasteiger partial charge in [-0.25, -0.2) is 0 Å². The number of halogens is 2. The van der Waals surface area contributed by atoms with Gasteiger partial charge >= 0.3 is 0 Å². The molecule has 4 aromatic rings. The van der Waals surface area contributed by atoms with Gasteiger partial charge < -0.3 is 20.6 Å². The number of carbonyl (C=O) groups is 1. The molecule has 0 aliphatic rings. The summed E-state index contributed by atoms with van der Waals surface area (Å²) < 4.78 is 5.86. The molecule has 0 saturated carbocycles. The van der Waals surface area contributed by atoms with Gasteiger partial charge in [0.05, 0.1) is 16.8 Å². The zero-order chi connectivity index (χ0) is 22.1. The minimum atomic E-state index is -0.448. The molecular formula is C24H20Cl2N2O3. The fourth-order valence-corrected chi connectivity index (χ4v) is 3.83. The minimum Gasteiger partial charge on any atom is -0.450 e. The SMILES string of the molecule is CC(O)CNc1cccc(-c2ccc3c(N)c(C(=O)c4ccc(Cl)cc4Cl)oc3c2)c1. The van der Waals surface area contributed by atoms with Gasteiger partial charge in [-0.1, -0.05) is 41.4 Å². The summed E-state index contributed by atoms with van der Waals surface area (Å²) in [5, 5.41) is 14.0. The van der Waals surface area contributed by atoms with Crippen molar-refractivity contribution in [2.24, 2.45) is 0 Å². The fraction of sp³-hybridized carbons (Fsp3) is 0.125. The molecule has 1 aromatic heterocycles. The molecular weight excluding hydrogens is 435 g/mol. The largest absolute Gasteiger partial charge is 0.450 e. The number of hydrogen-bond donors (Lipinski definition) is 3. The lowest BCUT2D eigenvalue weighted by Gasteiger charge is -2.10. The summed E-state index contributed by atoms with van der Waals surface area (Å²) in [6, 6.07) is 18.1. The molecule has 7 heteroatoms. The number of carbonyl (C=O) groups excluding carboxylic acids is 1. The van der Waals surface area contributed by atoms with E-state index >= 15 is 0 Å². The number of nitrogen functional groups attached to an aromatic ring is 1. The van der Waals surface area contributed by atoms with Gasteiger partial charge in [-0.3, -0.25) is 4.79 Å². The number of benzene rings is 3. The van der Waals surface area contributed by atoms with E-state index in [0.29, 0.717) is 22.5 Å². The summed E-state index contributed by atoms with van der Waals surface area (Å²) in [5.41, 5.74) is 10.0. The molecule has 0 aliphatic carbocycles. The molecule has 3 aromatic carbocycles. The Hall–Kier alpha value is -2.99. The molecule has 4 N–H and O–H groups in total. The Labute approximate surface area is 189 Å². The number of hydrogen-bond acceptors (Lipinski definition) is 5. The highest BCUT2D eigenvalue weighted by atomic mass is 35.5. The molecule has 0 amide bonds. The van der Waals surface area contributed by atoms with Crippen LogP contribution in [0.25, 0.3) is 22.1 Å². The molecule has 0 radical (unpaired) electrons. The second kappa shape index (κ2) is 8.63. The van der Waals surface area contributed by atoms with Gasteiger partial charge in [0.1, 0.15) is 5.58 Å². The second-order valence-corrected chi connectivity index (χ2v) is 8.16. The Kier molecular flexibility index (Phi) is 5.92. The van der Waals surface area contributed by atoms with Crippen LogP contribution in [0.4, 0.5) is 11.4 Å². The van der Waals surface area contributed by atoms with Gasteiger partial charge in [0.15, 0.2) is 5.76 Å². The first-order valence-electron chi connectivity index (χ1n) is 9.67. The lowest BCUT2D eigenvalue weighted by Crippen LogP contribution is -2.15. The van der Waals surface area contributed by atoms with Crippen LogP contribution in [-0.2, 0) is 0 Å². The van der Waals surface area contributed by atoms with Crippen molar-refractivity contribution in [1.29, 1.82) is 0 Å². The lowest BCUT2D eigenvalue weighted by atomic mass is 10.0. The third kappa shape index (κ3) is 4.39. The minimum absolute atomic E-state index is 0.0451. The maximum atomic E-state index is 13.0. The van der Waals surface area contributed by atoms with Crippen molar-refractivity contribution in [2.75, 3.05) is 17.6 Å². The smallest absolute Gasteiger partial charge is 0.231 e. The number of ketones is 1. The highest BCUT2D eigenvalue weighted by Gasteiger charge is 2.22. The molecule has 0 aliphatic heterocycles. The summed E-state index contributed by atoms with van der Waals surface area (Å²) in [7, 11) is 0. The monoisotopic (exact) mass is 454 g/mol. The Balaban J connectivity index is 1.70. The van der Waals surface area contributed by atoms with Crippen LogP contribution in [-0.4, -0.2) is 23.5 Å². The van der Waals surface area contributed by atoms with Gasteiger partial charge in [-0.05, 0) is 60.5 Å². The Morgan fingerprint density at radius 1 is 1.10 bits per heavy atom. The molecule has 0 fully saturated rings. The molecule has 1 heterocycles. The van der Waals surface area contributed by atoms with Crippen molar-refractivity contribution < 1.29 is 14.3 Å². The van der Waals surface area contributed by atoms with Crippen LogP contribution in [0.1, 0.15) is 23.0 Å². The molecule has 0 spiro atoms. The summed E-state index contributed by atoms with van der Waals surface area (Å²) in [4.78, 5) is 13.0. The van der Waals surface area contributed by atoms with E-state index in [1.807, 2.05) is 42.5 Å². The van der Waals surface area contributed by atoms with Crippen LogP contribution in [0, 0.1) is 0 Å². The molecule has 158 valence electrons. The quantitative estimate of drug-likeness (QED) is 0.310. The third-order valence-electron chi connectivity index (χ3n) is 4.91. The van der Waals surface area contributed by atoms with E-state index in [1.165, 1.54) is 6.07 Å². The molecule has 0 bridgehead atoms. The van der Waals surface area contributed by atoms with Crippen LogP contribution in [0.3, 0.4) is 0 Å². The predicted octanol–water partition coefficient (Wildman–Crippen LogP) is 6.01. The number of aliphatic hydroxyl groups excluding tert-OH is 1. The standard InChI is InChI=1S/C24H20Cl2N2O3/c1-13(29)12-28-17-4-2-3-14(9-17)15-5-7-19-21(10-15)31-24(22(19)27)23(30)18-8-6-16(25)11-20(18)26/h2-11,13,28-29H,12,27H2,1H3. The number of anilines is 2. The van der Waals surface area contributed by atoms with E-state index in [9.17, 15) is 9.90 Å². The zero-order valence-electron chi connectivity index (χ0n) is 16.7. The van der Waals surface area contributed by atoms with Crippen LogP contribution >= 0.6 is 23.2 Å². The van der Waals surface area contributed by atoms with Gasteiger partial charge in [0.2, 0.25) is 5.78 Å². The average Bonchev–Trinajstić information content (AvgIpc) is 3.08. The van der Waals surface area contributed by atoms with E-state index < -0.39 is 11.9 Å². The van der Waals surface area contributed by atoms with Crippen LogP contribution in [0.15, 0.2) is 65.1 Å². The normalized spacial score (nSPS) is 12.1. The van der Waals surface area contributed by atoms with Crippen molar-refractivity contribution in [1.82, 2.24) is 0 Å². The van der Waals surface area contributed by atoms with Gasteiger partial charge in [-0.15, -0.1) is 0 Å². The van der Waals surface area contributed by atoms with E-state index in [0.717, 1.165) is 16.8 Å². The number of nitrogens with one attached hydrogen (secondary N) is 1. The summed E-state index contributed by atoms with van der Waals surface area (Å²) in [5.74, 6) is -0.357. The first kappa shape index (κ1) is 21.2. The van der Waals surface area contributed by atoms with Gasteiger partial charge in [0, 0.05) is 28.2 Å². The third-order valence-corrected chi connectivity index (χ3v) is 5.46. The second-order valence-electron chi connectivity index (χ2n) is 7.32. The Morgan fingerprint density at radius 2 is 1.87 bits per heavy atom. The molecule has 31 heavy (non-hydrogen) atoms. The van der Waals surface area contributed by atoms with Crippen molar-refractivity contribution in [3.05, 3.63) is 82.0 Å². The van der Waals surface area contributed by atoms with E-state index in [-0.39, 0.29) is 22.0 Å². The first-order chi connectivity index (χ1) is 14.8. The number of furan rings is 1. The van der Waals surface area contributed by atoms with E-state index in [2.05, 4.69) is 5.32 Å². The maximum Gasteiger partial charge on any atom is 0.231 e. The van der Waals surface area contributed by atoms with Crippen molar-refractivity contribution in [2.45, 2.75) is 13.0 Å².